The Morgan fingerprint density at radius 3 is 2.87 bits per heavy atom. The van der Waals surface area contributed by atoms with Crippen LogP contribution in [0.4, 0.5) is 18.9 Å². The predicted octanol–water partition coefficient (Wildman–Crippen LogP) is 2.34. The van der Waals surface area contributed by atoms with Gasteiger partial charge in [0, 0.05) is 24.4 Å². The second-order valence-corrected chi connectivity index (χ2v) is 5.86. The Labute approximate surface area is 132 Å². The number of carbonyl (C=O) groups excluding carboxylic acids is 1. The van der Waals surface area contributed by atoms with Crippen molar-refractivity contribution in [1.29, 1.82) is 0 Å². The summed E-state index contributed by atoms with van der Waals surface area (Å²) in [5.74, 6) is -4.58. The SMILES string of the molecule is O=C(C[C@H]1CSc2nccc(=O)n21)Nc1ccc(F)c(F)c1F. The summed E-state index contributed by atoms with van der Waals surface area (Å²) in [7, 11) is 0. The normalized spacial score (nSPS) is 16.2. The Hall–Kier alpha value is -2.29. The summed E-state index contributed by atoms with van der Waals surface area (Å²) in [6.45, 7) is 0. The number of hydrogen-bond acceptors (Lipinski definition) is 4. The Balaban J connectivity index is 1.75. The molecular weight excluding hydrogens is 331 g/mol. The number of nitrogens with one attached hydrogen (secondary N) is 1. The first-order valence-corrected chi connectivity index (χ1v) is 7.59. The first-order valence-electron chi connectivity index (χ1n) is 6.61. The largest absolute Gasteiger partial charge is 0.323 e. The van der Waals surface area contributed by atoms with Gasteiger partial charge < -0.3 is 5.32 Å². The highest BCUT2D eigenvalue weighted by atomic mass is 32.2. The number of carbonyl (C=O) groups is 1. The molecule has 0 bridgehead atoms. The van der Waals surface area contributed by atoms with E-state index in [-0.39, 0.29) is 12.0 Å². The molecule has 23 heavy (non-hydrogen) atoms. The molecule has 1 N–H and O–H groups in total. The predicted molar refractivity (Wildman–Crippen MR) is 77.8 cm³/mol. The molecule has 3 rings (SSSR count). The topological polar surface area (TPSA) is 64.0 Å². The number of rotatable bonds is 3. The van der Waals surface area contributed by atoms with Crippen LogP contribution < -0.4 is 10.9 Å². The van der Waals surface area contributed by atoms with Crippen molar-refractivity contribution in [2.75, 3.05) is 11.1 Å². The van der Waals surface area contributed by atoms with Crippen molar-refractivity contribution in [3.63, 3.8) is 0 Å². The summed E-state index contributed by atoms with van der Waals surface area (Å²) in [4.78, 5) is 27.9. The number of halogens is 3. The lowest BCUT2D eigenvalue weighted by Gasteiger charge is -2.13. The van der Waals surface area contributed by atoms with Gasteiger partial charge in [-0.25, -0.2) is 18.2 Å². The van der Waals surface area contributed by atoms with Gasteiger partial charge in [0.1, 0.15) is 0 Å². The standard InChI is InChI=1S/C14H10F3N3O2S/c15-8-1-2-9(13(17)12(8)16)19-10(21)5-7-6-23-14-18-4-3-11(22)20(7)14/h1-4,7H,5-6H2,(H,19,21)/t7-/m0/s1. The lowest BCUT2D eigenvalue weighted by atomic mass is 10.2. The molecule has 0 saturated carbocycles. The van der Waals surface area contributed by atoms with Crippen LogP contribution in [0.3, 0.4) is 0 Å². The van der Waals surface area contributed by atoms with Crippen molar-refractivity contribution >= 4 is 23.4 Å². The highest BCUT2D eigenvalue weighted by Crippen LogP contribution is 2.31. The molecule has 9 heteroatoms. The van der Waals surface area contributed by atoms with E-state index < -0.39 is 35.1 Å². The maximum absolute atomic E-state index is 13.5. The van der Waals surface area contributed by atoms with E-state index in [1.165, 1.54) is 28.6 Å². The highest BCUT2D eigenvalue weighted by molar-refractivity contribution is 7.99. The van der Waals surface area contributed by atoms with E-state index >= 15 is 0 Å². The molecule has 0 radical (unpaired) electrons. The fourth-order valence-corrected chi connectivity index (χ4v) is 3.40. The monoisotopic (exact) mass is 341 g/mol. The van der Waals surface area contributed by atoms with Crippen LogP contribution in [0, 0.1) is 17.5 Å². The number of benzene rings is 1. The van der Waals surface area contributed by atoms with E-state index in [1.807, 2.05) is 0 Å². The molecule has 1 aromatic heterocycles. The van der Waals surface area contributed by atoms with Crippen molar-refractivity contribution in [2.45, 2.75) is 17.6 Å². The van der Waals surface area contributed by atoms with Crippen LogP contribution in [0.5, 0.6) is 0 Å². The number of aromatic nitrogens is 2. The van der Waals surface area contributed by atoms with Gasteiger partial charge in [-0.2, -0.15) is 0 Å². The van der Waals surface area contributed by atoms with Crippen LogP contribution in [0.15, 0.2) is 34.3 Å². The van der Waals surface area contributed by atoms with E-state index in [0.29, 0.717) is 10.9 Å². The highest BCUT2D eigenvalue weighted by Gasteiger charge is 2.27. The van der Waals surface area contributed by atoms with Crippen LogP contribution in [0.1, 0.15) is 12.5 Å². The van der Waals surface area contributed by atoms with Crippen LogP contribution in [-0.2, 0) is 4.79 Å². The van der Waals surface area contributed by atoms with Crippen LogP contribution >= 0.6 is 11.8 Å². The number of amides is 1. The van der Waals surface area contributed by atoms with Crippen molar-refractivity contribution in [2.24, 2.45) is 0 Å². The Morgan fingerprint density at radius 1 is 1.30 bits per heavy atom. The van der Waals surface area contributed by atoms with E-state index in [1.54, 1.807) is 0 Å². The zero-order chi connectivity index (χ0) is 16.6. The van der Waals surface area contributed by atoms with Gasteiger partial charge in [-0.15, -0.1) is 0 Å². The Bertz CT molecular complexity index is 841. The molecule has 0 fully saturated rings. The molecule has 1 aromatic carbocycles. The lowest BCUT2D eigenvalue weighted by molar-refractivity contribution is -0.116. The molecule has 120 valence electrons. The first-order chi connectivity index (χ1) is 11.0. The number of thioether (sulfide) groups is 1. The zero-order valence-corrected chi connectivity index (χ0v) is 12.4. The molecule has 1 aliphatic rings. The number of nitrogens with zero attached hydrogens (tertiary/aromatic N) is 2. The first kappa shape index (κ1) is 15.6. The van der Waals surface area contributed by atoms with E-state index in [4.69, 9.17) is 0 Å². The van der Waals surface area contributed by atoms with Gasteiger partial charge in [0.05, 0.1) is 11.7 Å². The third-order valence-electron chi connectivity index (χ3n) is 3.35. The summed E-state index contributed by atoms with van der Waals surface area (Å²) in [6.07, 6.45) is 1.28. The summed E-state index contributed by atoms with van der Waals surface area (Å²) in [5.41, 5.74) is -0.727. The molecule has 5 nitrogen and oxygen atoms in total. The molecule has 2 heterocycles. The van der Waals surface area contributed by atoms with Gasteiger partial charge in [0.25, 0.3) is 5.56 Å². The number of fused-ring (bicyclic) bond motifs is 1. The van der Waals surface area contributed by atoms with Crippen LogP contribution in [0.25, 0.3) is 0 Å². The minimum Gasteiger partial charge on any atom is -0.323 e. The average molecular weight is 341 g/mol. The summed E-state index contributed by atoms with van der Waals surface area (Å²) in [6, 6.07) is 2.53. The molecule has 1 amide bonds. The van der Waals surface area contributed by atoms with E-state index in [0.717, 1.165) is 12.1 Å². The maximum Gasteiger partial charge on any atom is 0.254 e. The van der Waals surface area contributed by atoms with Crippen molar-refractivity contribution in [3.05, 3.63) is 52.2 Å². The molecule has 0 unspecified atom stereocenters. The molecular formula is C14H10F3N3O2S. The third-order valence-corrected chi connectivity index (χ3v) is 4.46. The number of hydrogen-bond donors (Lipinski definition) is 1. The molecule has 0 saturated heterocycles. The Morgan fingerprint density at radius 2 is 2.09 bits per heavy atom. The minimum atomic E-state index is -1.65. The van der Waals surface area contributed by atoms with Gasteiger partial charge in [0.2, 0.25) is 5.91 Å². The second-order valence-electron chi connectivity index (χ2n) is 4.88. The van der Waals surface area contributed by atoms with Crippen molar-refractivity contribution in [1.82, 2.24) is 9.55 Å². The van der Waals surface area contributed by atoms with Crippen LogP contribution in [0.2, 0.25) is 0 Å². The van der Waals surface area contributed by atoms with E-state index in [9.17, 15) is 22.8 Å². The molecule has 1 aliphatic heterocycles. The van der Waals surface area contributed by atoms with Crippen molar-refractivity contribution < 1.29 is 18.0 Å². The second kappa shape index (κ2) is 6.07. The van der Waals surface area contributed by atoms with Gasteiger partial charge in [-0.1, -0.05) is 11.8 Å². The smallest absolute Gasteiger partial charge is 0.254 e. The van der Waals surface area contributed by atoms with Gasteiger partial charge in [-0.3, -0.25) is 14.2 Å². The summed E-state index contributed by atoms with van der Waals surface area (Å²) >= 11 is 1.33. The van der Waals surface area contributed by atoms with Crippen molar-refractivity contribution in [3.8, 4) is 0 Å². The number of anilines is 1. The average Bonchev–Trinajstić information content (AvgIpc) is 2.92. The maximum atomic E-state index is 13.5. The third kappa shape index (κ3) is 2.96. The molecule has 0 aliphatic carbocycles. The quantitative estimate of drug-likeness (QED) is 0.687. The molecule has 2 aromatic rings. The fourth-order valence-electron chi connectivity index (χ4n) is 2.28. The van der Waals surface area contributed by atoms with Gasteiger partial charge >= 0.3 is 0 Å². The van der Waals surface area contributed by atoms with Gasteiger partial charge in [-0.05, 0) is 12.1 Å². The Kier molecular flexibility index (Phi) is 4.12. The zero-order valence-electron chi connectivity index (χ0n) is 11.6. The lowest BCUT2D eigenvalue weighted by Crippen LogP contribution is -2.27. The summed E-state index contributed by atoms with van der Waals surface area (Å²) in [5, 5.41) is 2.70. The molecule has 0 spiro atoms. The summed E-state index contributed by atoms with van der Waals surface area (Å²) < 4.78 is 40.9. The van der Waals surface area contributed by atoms with E-state index in [2.05, 4.69) is 10.3 Å². The van der Waals surface area contributed by atoms with Gasteiger partial charge in [0.15, 0.2) is 22.6 Å². The minimum absolute atomic E-state index is 0.107. The van der Waals surface area contributed by atoms with Crippen LogP contribution in [-0.4, -0.2) is 21.2 Å². The fraction of sp³-hybridized carbons (Fsp3) is 0.214. The molecule has 1 atom stereocenters.